The summed E-state index contributed by atoms with van der Waals surface area (Å²) in [4.78, 5) is 7.20. The molecule has 0 atom stereocenters. The molecule has 0 unspecified atom stereocenters. The van der Waals surface area contributed by atoms with Crippen molar-refractivity contribution in [3.8, 4) is 0 Å². The number of imidazole rings is 1. The first-order valence-corrected chi connectivity index (χ1v) is 6.59. The molecule has 2 nitrogen and oxygen atoms in total. The van der Waals surface area contributed by atoms with E-state index in [4.69, 9.17) is 0 Å². The molecule has 0 saturated carbocycles. The maximum Gasteiger partial charge on any atom is 0.104 e. The second kappa shape index (κ2) is 24.6. The number of nitrogens with zero attached hydrogens (tertiary/aromatic N) is 1. The van der Waals surface area contributed by atoms with E-state index in [2.05, 4.69) is 36.3 Å². The van der Waals surface area contributed by atoms with Crippen molar-refractivity contribution in [2.45, 2.75) is 48.5 Å². The Morgan fingerprint density at radius 3 is 1.50 bits per heavy atom. The number of aromatic nitrogens is 2. The van der Waals surface area contributed by atoms with Crippen LogP contribution in [0, 0.1) is 6.92 Å². The third-order valence-corrected chi connectivity index (χ3v) is 1.28. The normalized spacial score (nSPS) is 6.39. The molecule has 0 aliphatic carbocycles. The van der Waals surface area contributed by atoms with Crippen molar-refractivity contribution in [1.29, 1.82) is 0 Å². The number of aromatic amines is 1. The number of nitrogens with one attached hydrogen (secondary N) is 1. The van der Waals surface area contributed by atoms with Crippen LogP contribution in [0.1, 0.15) is 58.8 Å². The first kappa shape index (κ1) is 25.3. The van der Waals surface area contributed by atoms with Crippen LogP contribution in [0.15, 0.2) is 26.3 Å². The van der Waals surface area contributed by atoms with Crippen LogP contribution < -0.4 is 0 Å². The fourth-order valence-corrected chi connectivity index (χ4v) is 0.839. The van der Waals surface area contributed by atoms with E-state index >= 15 is 0 Å². The monoisotopic (exact) mass is 252 g/mol. The Labute approximate surface area is 115 Å². The molecular formula is C16H32N2. The Kier molecular flexibility index (Phi) is 34.6. The maximum atomic E-state index is 4.16. The van der Waals surface area contributed by atoms with Gasteiger partial charge in [-0.2, -0.15) is 0 Å². The molecule has 2 heteroatoms. The minimum absolute atomic E-state index is 0.868. The lowest BCUT2D eigenvalue weighted by Gasteiger charge is -1.84. The van der Waals surface area contributed by atoms with Gasteiger partial charge in [-0.05, 0) is 19.1 Å². The lowest BCUT2D eigenvalue weighted by molar-refractivity contribution is 1.14. The maximum absolute atomic E-state index is 4.16. The molecule has 0 saturated heterocycles. The fourth-order valence-electron chi connectivity index (χ4n) is 0.839. The Hall–Kier alpha value is -1.57. The zero-order valence-electron chi connectivity index (χ0n) is 13.4. The smallest absolute Gasteiger partial charge is 0.104 e. The lowest BCUT2D eigenvalue weighted by atomic mass is 10.3. The first-order valence-electron chi connectivity index (χ1n) is 6.59. The van der Waals surface area contributed by atoms with E-state index in [1.807, 2.05) is 48.5 Å². The largest absolute Gasteiger partial charge is 0.342 e. The van der Waals surface area contributed by atoms with Gasteiger partial charge in [0.15, 0.2) is 0 Å². The van der Waals surface area contributed by atoms with Gasteiger partial charge in [0, 0.05) is 0 Å². The van der Waals surface area contributed by atoms with Gasteiger partial charge in [-0.3, -0.25) is 0 Å². The minimum atomic E-state index is 0.868. The van der Waals surface area contributed by atoms with E-state index in [0.29, 0.717) is 0 Å². The predicted molar refractivity (Wildman–Crippen MR) is 88.8 cm³/mol. The highest BCUT2D eigenvalue weighted by atomic mass is 14.9. The molecule has 106 valence electrons. The number of rotatable bonds is 2. The minimum Gasteiger partial charge on any atom is -0.342 e. The Bertz CT molecular complexity index is 247. The SMILES string of the molecule is C=C.C=Cc1nc(C)[nH]c1C=C.CC.CC.CC. The van der Waals surface area contributed by atoms with Gasteiger partial charge in [0.1, 0.15) is 5.82 Å². The lowest BCUT2D eigenvalue weighted by Crippen LogP contribution is -1.73. The number of H-pyrrole nitrogens is 1. The van der Waals surface area contributed by atoms with Gasteiger partial charge in [0.25, 0.3) is 0 Å². The van der Waals surface area contributed by atoms with E-state index in [1.54, 1.807) is 12.2 Å². The first-order chi connectivity index (χ1) is 8.77. The van der Waals surface area contributed by atoms with Crippen LogP contribution in [0.2, 0.25) is 0 Å². The number of hydrogen-bond acceptors (Lipinski definition) is 1. The highest BCUT2D eigenvalue weighted by Gasteiger charge is 1.98. The second-order valence-corrected chi connectivity index (χ2v) is 2.03. The summed E-state index contributed by atoms with van der Waals surface area (Å²) in [6.07, 6.45) is 3.44. The third-order valence-electron chi connectivity index (χ3n) is 1.28. The summed E-state index contributed by atoms with van der Waals surface area (Å²) in [5.41, 5.74) is 1.81. The molecule has 0 bridgehead atoms. The summed E-state index contributed by atoms with van der Waals surface area (Å²) in [6.45, 7) is 27.2. The van der Waals surface area contributed by atoms with E-state index in [-0.39, 0.29) is 0 Å². The summed E-state index contributed by atoms with van der Waals surface area (Å²) in [6, 6.07) is 0. The van der Waals surface area contributed by atoms with Crippen molar-refractivity contribution in [2.24, 2.45) is 0 Å². The standard InChI is InChI=1S/C8H10N2.3C2H6.C2H4/c1-4-7-8(5-2)10-6(3)9-7;4*1-2/h4-5H,1-2H2,3H3,(H,9,10);3*1-2H3;1-2H2. The molecule has 0 spiro atoms. The van der Waals surface area contributed by atoms with Gasteiger partial charge < -0.3 is 4.98 Å². The van der Waals surface area contributed by atoms with E-state index in [0.717, 1.165) is 17.2 Å². The van der Waals surface area contributed by atoms with Crippen LogP contribution in [0.25, 0.3) is 12.2 Å². The van der Waals surface area contributed by atoms with Crippen LogP contribution in [0.5, 0.6) is 0 Å². The molecule has 0 aliphatic rings. The fraction of sp³-hybridized carbons (Fsp3) is 0.438. The van der Waals surface area contributed by atoms with E-state index < -0.39 is 0 Å². The van der Waals surface area contributed by atoms with Crippen molar-refractivity contribution in [3.05, 3.63) is 43.5 Å². The van der Waals surface area contributed by atoms with Gasteiger partial charge in [0.2, 0.25) is 0 Å². The summed E-state index contributed by atoms with van der Waals surface area (Å²) in [7, 11) is 0. The van der Waals surface area contributed by atoms with E-state index in [9.17, 15) is 0 Å². The Morgan fingerprint density at radius 2 is 1.28 bits per heavy atom. The van der Waals surface area contributed by atoms with Gasteiger partial charge >= 0.3 is 0 Å². The molecule has 1 rings (SSSR count). The summed E-state index contributed by atoms with van der Waals surface area (Å²) >= 11 is 0. The topological polar surface area (TPSA) is 28.7 Å². The second-order valence-electron chi connectivity index (χ2n) is 2.03. The molecule has 0 amide bonds. The van der Waals surface area contributed by atoms with Crippen LogP contribution in [0.3, 0.4) is 0 Å². The van der Waals surface area contributed by atoms with Crippen LogP contribution in [0.4, 0.5) is 0 Å². The molecular weight excluding hydrogens is 220 g/mol. The average molecular weight is 252 g/mol. The van der Waals surface area contributed by atoms with Gasteiger partial charge in [0.05, 0.1) is 11.4 Å². The van der Waals surface area contributed by atoms with Gasteiger partial charge in [-0.15, -0.1) is 13.2 Å². The van der Waals surface area contributed by atoms with Gasteiger partial charge in [-0.25, -0.2) is 4.98 Å². The summed E-state index contributed by atoms with van der Waals surface area (Å²) in [5.74, 6) is 0.893. The molecule has 1 aromatic rings. The molecule has 0 aromatic carbocycles. The Balaban J connectivity index is -0.000000105. The number of hydrogen-bond donors (Lipinski definition) is 1. The number of aryl methyl sites for hydroxylation is 1. The molecule has 18 heavy (non-hydrogen) atoms. The third kappa shape index (κ3) is 12.5. The Morgan fingerprint density at radius 1 is 0.889 bits per heavy atom. The molecule has 0 aliphatic heterocycles. The zero-order chi connectivity index (χ0) is 15.6. The van der Waals surface area contributed by atoms with Crippen LogP contribution in [-0.2, 0) is 0 Å². The zero-order valence-corrected chi connectivity index (χ0v) is 13.4. The van der Waals surface area contributed by atoms with Crippen molar-refractivity contribution in [2.75, 3.05) is 0 Å². The van der Waals surface area contributed by atoms with Crippen molar-refractivity contribution in [1.82, 2.24) is 9.97 Å². The molecule has 0 radical (unpaired) electrons. The quantitative estimate of drug-likeness (QED) is 0.654. The van der Waals surface area contributed by atoms with Gasteiger partial charge in [-0.1, -0.05) is 54.7 Å². The molecule has 1 N–H and O–H groups in total. The molecule has 1 aromatic heterocycles. The van der Waals surface area contributed by atoms with Crippen molar-refractivity contribution < 1.29 is 0 Å². The molecule has 1 heterocycles. The summed E-state index contributed by atoms with van der Waals surface area (Å²) < 4.78 is 0. The summed E-state index contributed by atoms with van der Waals surface area (Å²) in [5, 5.41) is 0. The van der Waals surface area contributed by atoms with Crippen molar-refractivity contribution >= 4 is 12.2 Å². The average Bonchev–Trinajstić information content (AvgIpc) is 2.87. The van der Waals surface area contributed by atoms with Crippen LogP contribution in [-0.4, -0.2) is 9.97 Å². The molecule has 0 fully saturated rings. The van der Waals surface area contributed by atoms with E-state index in [1.165, 1.54) is 0 Å². The van der Waals surface area contributed by atoms with Crippen LogP contribution >= 0.6 is 0 Å². The van der Waals surface area contributed by atoms with Crippen molar-refractivity contribution in [3.63, 3.8) is 0 Å². The highest BCUT2D eigenvalue weighted by molar-refractivity contribution is 5.57. The highest BCUT2D eigenvalue weighted by Crippen LogP contribution is 2.07. The predicted octanol–water partition coefficient (Wildman–Crippen LogP) is 5.88.